The molecule has 0 spiro atoms. The van der Waals surface area contributed by atoms with Crippen molar-refractivity contribution < 1.29 is 19.4 Å². The van der Waals surface area contributed by atoms with E-state index in [1.165, 1.54) is 7.11 Å². The van der Waals surface area contributed by atoms with Crippen LogP contribution in [0.3, 0.4) is 0 Å². The number of carbonyl (C=O) groups excluding carboxylic acids is 1. The third-order valence-electron chi connectivity index (χ3n) is 2.88. The molecule has 1 amide bonds. The Labute approximate surface area is 109 Å². The number of carboxylic acid groups (broad SMARTS) is 1. The number of ether oxygens (including phenoxy) is 1. The van der Waals surface area contributed by atoms with Crippen LogP contribution in [0.15, 0.2) is 0 Å². The molecule has 0 radical (unpaired) electrons. The average molecular weight is 268 g/mol. The van der Waals surface area contributed by atoms with Gasteiger partial charge in [0.1, 0.15) is 11.9 Å². The summed E-state index contributed by atoms with van der Waals surface area (Å²) in [4.78, 5) is 26.9. The van der Waals surface area contributed by atoms with E-state index in [-0.39, 0.29) is 18.9 Å². The Morgan fingerprint density at radius 3 is 2.89 bits per heavy atom. The maximum Gasteiger partial charge on any atom is 0.326 e. The van der Waals surface area contributed by atoms with E-state index in [0.717, 1.165) is 12.8 Å². The largest absolute Gasteiger partial charge is 0.480 e. The van der Waals surface area contributed by atoms with E-state index >= 15 is 0 Å². The van der Waals surface area contributed by atoms with Gasteiger partial charge in [0.05, 0.1) is 0 Å². The summed E-state index contributed by atoms with van der Waals surface area (Å²) in [7, 11) is 1.47. The molecule has 1 aromatic rings. The van der Waals surface area contributed by atoms with E-state index in [0.29, 0.717) is 11.7 Å². The SMILES string of the molecule is COCCC(NC(=O)c1n[nH]c(C2CC2)n1)C(=O)O. The Kier molecular flexibility index (Phi) is 4.10. The summed E-state index contributed by atoms with van der Waals surface area (Å²) in [5, 5.41) is 17.9. The lowest BCUT2D eigenvalue weighted by Crippen LogP contribution is -2.41. The molecule has 1 aromatic heterocycles. The minimum atomic E-state index is -1.11. The maximum atomic E-state index is 11.8. The minimum Gasteiger partial charge on any atom is -0.480 e. The Hall–Kier alpha value is -1.96. The Morgan fingerprint density at radius 1 is 1.58 bits per heavy atom. The first-order chi connectivity index (χ1) is 9.11. The van der Waals surface area contributed by atoms with Crippen LogP contribution >= 0.6 is 0 Å². The van der Waals surface area contributed by atoms with Crippen LogP contribution in [0.2, 0.25) is 0 Å². The van der Waals surface area contributed by atoms with Gasteiger partial charge in [-0.05, 0) is 12.8 Å². The van der Waals surface area contributed by atoms with Crippen molar-refractivity contribution in [1.82, 2.24) is 20.5 Å². The van der Waals surface area contributed by atoms with Crippen molar-refractivity contribution in [2.24, 2.45) is 0 Å². The zero-order valence-corrected chi connectivity index (χ0v) is 10.5. The van der Waals surface area contributed by atoms with Gasteiger partial charge in [-0.25, -0.2) is 9.78 Å². The topological polar surface area (TPSA) is 117 Å². The van der Waals surface area contributed by atoms with Gasteiger partial charge < -0.3 is 15.2 Å². The van der Waals surface area contributed by atoms with Gasteiger partial charge in [-0.1, -0.05) is 0 Å². The van der Waals surface area contributed by atoms with Crippen LogP contribution in [0.4, 0.5) is 0 Å². The van der Waals surface area contributed by atoms with Crippen LogP contribution in [-0.4, -0.2) is 51.9 Å². The molecule has 2 rings (SSSR count). The van der Waals surface area contributed by atoms with Gasteiger partial charge in [0, 0.05) is 26.1 Å². The Balaban J connectivity index is 1.94. The fourth-order valence-corrected chi connectivity index (χ4v) is 1.63. The van der Waals surface area contributed by atoms with Crippen LogP contribution in [-0.2, 0) is 9.53 Å². The summed E-state index contributed by atoms with van der Waals surface area (Å²) in [5.74, 6) is -0.674. The lowest BCUT2D eigenvalue weighted by atomic mass is 10.2. The van der Waals surface area contributed by atoms with Gasteiger partial charge in [0.15, 0.2) is 0 Å². The molecule has 0 aromatic carbocycles. The van der Waals surface area contributed by atoms with E-state index in [4.69, 9.17) is 9.84 Å². The quantitative estimate of drug-likeness (QED) is 0.635. The fraction of sp³-hybridized carbons (Fsp3) is 0.636. The van der Waals surface area contributed by atoms with Crippen LogP contribution < -0.4 is 5.32 Å². The number of hydrogen-bond donors (Lipinski definition) is 3. The highest BCUT2D eigenvalue weighted by Crippen LogP contribution is 2.37. The van der Waals surface area contributed by atoms with E-state index < -0.39 is 17.9 Å². The monoisotopic (exact) mass is 268 g/mol. The van der Waals surface area contributed by atoms with E-state index in [9.17, 15) is 9.59 Å². The molecule has 104 valence electrons. The number of H-pyrrole nitrogens is 1. The standard InChI is InChI=1S/C11H16N4O4/c1-19-5-4-7(11(17)18)12-10(16)9-13-8(14-15-9)6-2-3-6/h6-7H,2-5H2,1H3,(H,12,16)(H,17,18)(H,13,14,15). The highest BCUT2D eigenvalue weighted by Gasteiger charge is 2.29. The van der Waals surface area contributed by atoms with Crippen LogP contribution in [0, 0.1) is 0 Å². The summed E-state index contributed by atoms with van der Waals surface area (Å²) in [6, 6.07) is -1.00. The summed E-state index contributed by atoms with van der Waals surface area (Å²) in [6.45, 7) is 0.249. The molecule has 1 aliphatic rings. The van der Waals surface area contributed by atoms with E-state index in [1.54, 1.807) is 0 Å². The average Bonchev–Trinajstić information content (AvgIpc) is 3.11. The molecule has 8 nitrogen and oxygen atoms in total. The number of aromatic amines is 1. The summed E-state index contributed by atoms with van der Waals surface area (Å²) >= 11 is 0. The summed E-state index contributed by atoms with van der Waals surface area (Å²) < 4.78 is 4.80. The van der Waals surface area contributed by atoms with Crippen LogP contribution in [0.25, 0.3) is 0 Å². The second-order valence-electron chi connectivity index (χ2n) is 4.46. The number of hydrogen-bond acceptors (Lipinski definition) is 5. The number of amides is 1. The van der Waals surface area contributed by atoms with Crippen molar-refractivity contribution >= 4 is 11.9 Å². The van der Waals surface area contributed by atoms with Crippen molar-refractivity contribution in [2.75, 3.05) is 13.7 Å². The molecule has 0 saturated heterocycles. The third kappa shape index (κ3) is 3.50. The molecule has 0 bridgehead atoms. The van der Waals surface area contributed by atoms with Gasteiger partial charge in [0.25, 0.3) is 5.91 Å². The Morgan fingerprint density at radius 2 is 2.32 bits per heavy atom. The molecular weight excluding hydrogens is 252 g/mol. The van der Waals surface area contributed by atoms with Crippen molar-refractivity contribution in [3.63, 3.8) is 0 Å². The number of aromatic nitrogens is 3. The van der Waals surface area contributed by atoms with Crippen LogP contribution in [0.5, 0.6) is 0 Å². The number of aliphatic carboxylic acids is 1. The molecule has 1 fully saturated rings. The highest BCUT2D eigenvalue weighted by atomic mass is 16.5. The number of nitrogens with zero attached hydrogens (tertiary/aromatic N) is 2. The molecule has 1 atom stereocenters. The molecule has 0 aliphatic heterocycles. The van der Waals surface area contributed by atoms with Crippen LogP contribution in [0.1, 0.15) is 41.6 Å². The van der Waals surface area contributed by atoms with Crippen molar-refractivity contribution in [2.45, 2.75) is 31.2 Å². The number of carboxylic acids is 1. The summed E-state index contributed by atoms with van der Waals surface area (Å²) in [6.07, 6.45) is 2.28. The smallest absolute Gasteiger partial charge is 0.326 e. The number of methoxy groups -OCH3 is 1. The molecule has 3 N–H and O–H groups in total. The molecule has 8 heteroatoms. The molecule has 1 unspecified atom stereocenters. The second-order valence-corrected chi connectivity index (χ2v) is 4.46. The molecule has 19 heavy (non-hydrogen) atoms. The highest BCUT2D eigenvalue weighted by molar-refractivity contribution is 5.93. The first-order valence-electron chi connectivity index (χ1n) is 6.06. The van der Waals surface area contributed by atoms with Gasteiger partial charge >= 0.3 is 5.97 Å². The first-order valence-corrected chi connectivity index (χ1v) is 6.06. The Bertz CT molecular complexity index is 469. The van der Waals surface area contributed by atoms with Gasteiger partial charge in [-0.15, -0.1) is 5.10 Å². The lowest BCUT2D eigenvalue weighted by molar-refractivity contribution is -0.139. The minimum absolute atomic E-state index is 0.0226. The molecule has 1 aliphatic carbocycles. The fourth-order valence-electron chi connectivity index (χ4n) is 1.63. The zero-order chi connectivity index (χ0) is 13.8. The van der Waals surface area contributed by atoms with Crippen molar-refractivity contribution in [3.05, 3.63) is 11.6 Å². The number of carbonyl (C=O) groups is 2. The zero-order valence-electron chi connectivity index (χ0n) is 10.5. The normalized spacial score (nSPS) is 16.1. The lowest BCUT2D eigenvalue weighted by Gasteiger charge is -2.12. The molecule has 1 heterocycles. The van der Waals surface area contributed by atoms with Crippen molar-refractivity contribution in [3.8, 4) is 0 Å². The van der Waals surface area contributed by atoms with Crippen molar-refractivity contribution in [1.29, 1.82) is 0 Å². The van der Waals surface area contributed by atoms with E-state index in [2.05, 4.69) is 20.5 Å². The predicted molar refractivity (Wildman–Crippen MR) is 63.7 cm³/mol. The van der Waals surface area contributed by atoms with E-state index in [1.807, 2.05) is 0 Å². The van der Waals surface area contributed by atoms with Gasteiger partial charge in [-0.2, -0.15) is 0 Å². The molecule has 1 saturated carbocycles. The maximum absolute atomic E-state index is 11.8. The second kappa shape index (κ2) is 5.79. The number of rotatable bonds is 7. The third-order valence-corrected chi connectivity index (χ3v) is 2.88. The molecular formula is C11H16N4O4. The predicted octanol–water partition coefficient (Wildman–Crippen LogP) is -0.0984. The van der Waals surface area contributed by atoms with Gasteiger partial charge in [-0.3, -0.25) is 9.89 Å². The van der Waals surface area contributed by atoms with Gasteiger partial charge in [0.2, 0.25) is 5.82 Å². The number of nitrogens with one attached hydrogen (secondary N) is 2. The summed E-state index contributed by atoms with van der Waals surface area (Å²) in [5.41, 5.74) is 0. The first kappa shape index (κ1) is 13.5.